The van der Waals surface area contributed by atoms with Crippen LogP contribution in [0.25, 0.3) is 0 Å². The highest BCUT2D eigenvalue weighted by Crippen LogP contribution is 2.16. The molecule has 0 spiro atoms. The zero-order valence-electron chi connectivity index (χ0n) is 12.6. The average Bonchev–Trinajstić information content (AvgIpc) is 3.07. The van der Waals surface area contributed by atoms with Gasteiger partial charge in [0.2, 0.25) is 5.95 Å². The molecule has 0 bridgehead atoms. The Bertz CT molecular complexity index is 653. The molecule has 0 saturated carbocycles. The Balaban J connectivity index is 1.68. The second-order valence-electron chi connectivity index (χ2n) is 5.39. The van der Waals surface area contributed by atoms with E-state index in [1.807, 2.05) is 13.0 Å². The minimum atomic E-state index is -0.195. The maximum absolute atomic E-state index is 12.0. The number of amides is 1. The first-order valence-electron chi connectivity index (χ1n) is 7.51. The van der Waals surface area contributed by atoms with E-state index in [2.05, 4.69) is 25.2 Å². The number of carbonyl (C=O) groups is 1. The number of aryl methyl sites for hydroxylation is 1. The quantitative estimate of drug-likeness (QED) is 0.930. The molecule has 6 heteroatoms. The van der Waals surface area contributed by atoms with Crippen LogP contribution in [0.5, 0.6) is 0 Å². The SMILES string of the molecule is Cc1cc(CNC(=O)c2ccccn2)nc(N2CCCC2)n1. The summed E-state index contributed by atoms with van der Waals surface area (Å²) in [5.41, 5.74) is 2.14. The molecular formula is C16H19N5O. The number of pyridine rings is 1. The number of nitrogens with zero attached hydrogens (tertiary/aromatic N) is 4. The lowest BCUT2D eigenvalue weighted by Crippen LogP contribution is -2.26. The predicted octanol–water partition coefficient (Wildman–Crippen LogP) is 1.71. The number of nitrogens with one attached hydrogen (secondary N) is 1. The molecular weight excluding hydrogens is 278 g/mol. The molecule has 1 N–H and O–H groups in total. The van der Waals surface area contributed by atoms with E-state index in [-0.39, 0.29) is 5.91 Å². The fourth-order valence-electron chi connectivity index (χ4n) is 2.52. The molecule has 2 aromatic heterocycles. The normalized spacial score (nSPS) is 14.1. The molecule has 1 saturated heterocycles. The summed E-state index contributed by atoms with van der Waals surface area (Å²) in [5, 5.41) is 2.85. The summed E-state index contributed by atoms with van der Waals surface area (Å²) in [7, 11) is 0. The van der Waals surface area contributed by atoms with Crippen molar-refractivity contribution in [2.24, 2.45) is 0 Å². The predicted molar refractivity (Wildman–Crippen MR) is 83.6 cm³/mol. The van der Waals surface area contributed by atoms with Gasteiger partial charge in [0.1, 0.15) is 5.69 Å². The number of anilines is 1. The van der Waals surface area contributed by atoms with E-state index in [9.17, 15) is 4.79 Å². The monoisotopic (exact) mass is 297 g/mol. The van der Waals surface area contributed by atoms with E-state index in [0.717, 1.165) is 30.4 Å². The Morgan fingerprint density at radius 2 is 2.09 bits per heavy atom. The molecule has 1 amide bonds. The average molecular weight is 297 g/mol. The van der Waals surface area contributed by atoms with Crippen LogP contribution in [0, 0.1) is 6.92 Å². The highest BCUT2D eigenvalue weighted by atomic mass is 16.1. The summed E-state index contributed by atoms with van der Waals surface area (Å²) in [6.45, 7) is 4.33. The lowest BCUT2D eigenvalue weighted by atomic mass is 10.3. The van der Waals surface area contributed by atoms with Gasteiger partial charge in [-0.05, 0) is 38.0 Å². The van der Waals surface area contributed by atoms with Crippen molar-refractivity contribution in [3.63, 3.8) is 0 Å². The van der Waals surface area contributed by atoms with Crippen LogP contribution >= 0.6 is 0 Å². The minimum absolute atomic E-state index is 0.195. The van der Waals surface area contributed by atoms with Crippen molar-refractivity contribution in [2.75, 3.05) is 18.0 Å². The third-order valence-electron chi connectivity index (χ3n) is 3.61. The van der Waals surface area contributed by atoms with Crippen molar-refractivity contribution in [1.82, 2.24) is 20.3 Å². The second-order valence-corrected chi connectivity index (χ2v) is 5.39. The summed E-state index contributed by atoms with van der Waals surface area (Å²) in [5.74, 6) is 0.569. The summed E-state index contributed by atoms with van der Waals surface area (Å²) < 4.78 is 0. The Hall–Kier alpha value is -2.50. The molecule has 3 rings (SSSR count). The maximum Gasteiger partial charge on any atom is 0.270 e. The Kier molecular flexibility index (Phi) is 4.27. The molecule has 2 aromatic rings. The Morgan fingerprint density at radius 3 is 2.82 bits per heavy atom. The summed E-state index contributed by atoms with van der Waals surface area (Å²) in [6.07, 6.45) is 3.97. The lowest BCUT2D eigenvalue weighted by molar-refractivity contribution is 0.0945. The van der Waals surface area contributed by atoms with Crippen LogP contribution in [0.1, 0.15) is 34.7 Å². The van der Waals surface area contributed by atoms with E-state index < -0.39 is 0 Å². The largest absolute Gasteiger partial charge is 0.345 e. The number of rotatable bonds is 4. The fraction of sp³-hybridized carbons (Fsp3) is 0.375. The van der Waals surface area contributed by atoms with E-state index in [4.69, 9.17) is 0 Å². The van der Waals surface area contributed by atoms with Gasteiger partial charge in [0.15, 0.2) is 0 Å². The molecule has 6 nitrogen and oxygen atoms in total. The molecule has 3 heterocycles. The van der Waals surface area contributed by atoms with Crippen molar-refractivity contribution >= 4 is 11.9 Å². The molecule has 114 valence electrons. The summed E-state index contributed by atoms with van der Waals surface area (Å²) in [6, 6.07) is 7.17. The molecule has 1 aliphatic heterocycles. The number of aromatic nitrogens is 3. The van der Waals surface area contributed by atoms with Gasteiger partial charge in [0.25, 0.3) is 5.91 Å². The van der Waals surface area contributed by atoms with Crippen LogP contribution in [0.3, 0.4) is 0 Å². The van der Waals surface area contributed by atoms with E-state index in [1.165, 1.54) is 12.8 Å². The molecule has 0 atom stereocenters. The number of carbonyl (C=O) groups excluding carboxylic acids is 1. The van der Waals surface area contributed by atoms with Crippen molar-refractivity contribution in [2.45, 2.75) is 26.3 Å². The van der Waals surface area contributed by atoms with Gasteiger partial charge >= 0.3 is 0 Å². The maximum atomic E-state index is 12.0. The van der Waals surface area contributed by atoms with Gasteiger partial charge in [-0.1, -0.05) is 6.07 Å². The summed E-state index contributed by atoms with van der Waals surface area (Å²) in [4.78, 5) is 27.3. The van der Waals surface area contributed by atoms with Crippen LogP contribution < -0.4 is 10.2 Å². The van der Waals surface area contributed by atoms with E-state index in [0.29, 0.717) is 12.2 Å². The molecule has 0 radical (unpaired) electrons. The molecule has 0 aromatic carbocycles. The molecule has 22 heavy (non-hydrogen) atoms. The van der Waals surface area contributed by atoms with E-state index in [1.54, 1.807) is 24.4 Å². The second kappa shape index (κ2) is 6.51. The van der Waals surface area contributed by atoms with Crippen molar-refractivity contribution < 1.29 is 4.79 Å². The highest BCUT2D eigenvalue weighted by molar-refractivity contribution is 5.92. The first kappa shape index (κ1) is 14.4. The van der Waals surface area contributed by atoms with E-state index >= 15 is 0 Å². The van der Waals surface area contributed by atoms with Crippen LogP contribution in [0.2, 0.25) is 0 Å². The van der Waals surface area contributed by atoms with Crippen molar-refractivity contribution in [1.29, 1.82) is 0 Å². The molecule has 0 aliphatic carbocycles. The highest BCUT2D eigenvalue weighted by Gasteiger charge is 2.16. The lowest BCUT2D eigenvalue weighted by Gasteiger charge is -2.16. The standard InChI is InChI=1S/C16H19N5O/c1-12-10-13(20-16(19-12)21-8-4-5-9-21)11-18-15(22)14-6-2-3-7-17-14/h2-3,6-7,10H,4-5,8-9,11H2,1H3,(H,18,22). The Morgan fingerprint density at radius 1 is 1.27 bits per heavy atom. The van der Waals surface area contributed by atoms with Gasteiger partial charge in [-0.3, -0.25) is 9.78 Å². The Labute approximate surface area is 129 Å². The number of hydrogen-bond acceptors (Lipinski definition) is 5. The minimum Gasteiger partial charge on any atom is -0.345 e. The molecule has 0 unspecified atom stereocenters. The van der Waals surface area contributed by atoms with Gasteiger partial charge in [-0.25, -0.2) is 9.97 Å². The molecule has 1 aliphatic rings. The van der Waals surface area contributed by atoms with Gasteiger partial charge in [-0.2, -0.15) is 0 Å². The van der Waals surface area contributed by atoms with Gasteiger partial charge < -0.3 is 10.2 Å². The van der Waals surface area contributed by atoms with Crippen LogP contribution in [0.4, 0.5) is 5.95 Å². The third kappa shape index (κ3) is 3.39. The van der Waals surface area contributed by atoms with Gasteiger partial charge in [0, 0.05) is 25.0 Å². The van der Waals surface area contributed by atoms with Crippen molar-refractivity contribution in [3.05, 3.63) is 47.5 Å². The van der Waals surface area contributed by atoms with Crippen molar-refractivity contribution in [3.8, 4) is 0 Å². The first-order valence-corrected chi connectivity index (χ1v) is 7.51. The summed E-state index contributed by atoms with van der Waals surface area (Å²) >= 11 is 0. The number of hydrogen-bond donors (Lipinski definition) is 1. The van der Waals surface area contributed by atoms with Crippen LogP contribution in [-0.2, 0) is 6.54 Å². The van der Waals surface area contributed by atoms with Crippen LogP contribution in [-0.4, -0.2) is 33.9 Å². The van der Waals surface area contributed by atoms with Crippen LogP contribution in [0.15, 0.2) is 30.5 Å². The zero-order valence-corrected chi connectivity index (χ0v) is 12.6. The van der Waals surface area contributed by atoms with Gasteiger partial charge in [-0.15, -0.1) is 0 Å². The molecule has 1 fully saturated rings. The smallest absolute Gasteiger partial charge is 0.270 e. The third-order valence-corrected chi connectivity index (χ3v) is 3.61. The first-order chi connectivity index (χ1) is 10.7. The fourth-order valence-corrected chi connectivity index (χ4v) is 2.52. The van der Waals surface area contributed by atoms with Gasteiger partial charge in [0.05, 0.1) is 12.2 Å². The zero-order chi connectivity index (χ0) is 15.4. The topological polar surface area (TPSA) is 71.0 Å².